The number of rotatable bonds is 8. The van der Waals surface area contributed by atoms with E-state index in [9.17, 15) is 9.59 Å². The van der Waals surface area contributed by atoms with Crippen LogP contribution in [-0.2, 0) is 16.0 Å². The summed E-state index contributed by atoms with van der Waals surface area (Å²) < 4.78 is 11.4. The van der Waals surface area contributed by atoms with Gasteiger partial charge in [-0.05, 0) is 55.2 Å². The number of carbonyl (C=O) groups is 2. The van der Waals surface area contributed by atoms with Crippen LogP contribution < -0.4 is 9.47 Å². The Morgan fingerprint density at radius 3 is 2.00 bits per heavy atom. The standard InChI is InChI=1S/C25H32N2O4/c1-4-6-21-9-11-22(12-10-21)30-17-24(28)26-13-15-27(16-14-26)25(29)18-31-23-8-5-7-19(2)20(23)3/h5,7-12H,4,6,13-18H2,1-3H3. The van der Waals surface area contributed by atoms with Gasteiger partial charge in [0.15, 0.2) is 13.2 Å². The van der Waals surface area contributed by atoms with E-state index in [1.165, 1.54) is 5.56 Å². The fourth-order valence-electron chi connectivity index (χ4n) is 3.59. The van der Waals surface area contributed by atoms with Gasteiger partial charge in [0.05, 0.1) is 0 Å². The van der Waals surface area contributed by atoms with Crippen molar-refractivity contribution < 1.29 is 19.1 Å². The van der Waals surface area contributed by atoms with Crippen LogP contribution in [0.5, 0.6) is 11.5 Å². The summed E-state index contributed by atoms with van der Waals surface area (Å²) >= 11 is 0. The van der Waals surface area contributed by atoms with Crippen LogP contribution in [0.3, 0.4) is 0 Å². The number of ether oxygens (including phenoxy) is 2. The third-order valence-electron chi connectivity index (χ3n) is 5.72. The minimum Gasteiger partial charge on any atom is -0.484 e. The Morgan fingerprint density at radius 2 is 1.42 bits per heavy atom. The molecule has 0 saturated carbocycles. The maximum atomic E-state index is 12.5. The summed E-state index contributed by atoms with van der Waals surface area (Å²) in [6, 6.07) is 13.7. The van der Waals surface area contributed by atoms with Crippen molar-refractivity contribution in [1.29, 1.82) is 0 Å². The minimum absolute atomic E-state index is 0.00930. The first kappa shape index (κ1) is 22.7. The maximum absolute atomic E-state index is 12.5. The van der Waals surface area contributed by atoms with Crippen LogP contribution in [-0.4, -0.2) is 61.0 Å². The lowest BCUT2D eigenvalue weighted by Crippen LogP contribution is -2.52. The zero-order valence-electron chi connectivity index (χ0n) is 18.7. The molecule has 3 rings (SSSR count). The smallest absolute Gasteiger partial charge is 0.260 e. The van der Waals surface area contributed by atoms with Crippen LogP contribution >= 0.6 is 0 Å². The molecule has 0 N–H and O–H groups in total. The van der Waals surface area contributed by atoms with Crippen molar-refractivity contribution in [1.82, 2.24) is 9.80 Å². The molecule has 0 aliphatic carbocycles. The highest BCUT2D eigenvalue weighted by Crippen LogP contribution is 2.20. The second kappa shape index (κ2) is 10.8. The number of amides is 2. The molecular formula is C25H32N2O4. The van der Waals surface area contributed by atoms with Crippen LogP contribution in [0, 0.1) is 13.8 Å². The lowest BCUT2D eigenvalue weighted by Gasteiger charge is -2.34. The van der Waals surface area contributed by atoms with Gasteiger partial charge in [0, 0.05) is 26.2 Å². The van der Waals surface area contributed by atoms with Crippen molar-refractivity contribution in [2.75, 3.05) is 39.4 Å². The molecular weight excluding hydrogens is 392 g/mol. The first-order valence-corrected chi connectivity index (χ1v) is 10.9. The molecule has 2 amide bonds. The van der Waals surface area contributed by atoms with E-state index in [0.717, 1.165) is 29.7 Å². The summed E-state index contributed by atoms with van der Waals surface area (Å²) in [6.45, 7) is 8.20. The van der Waals surface area contributed by atoms with E-state index >= 15 is 0 Å². The van der Waals surface area contributed by atoms with Gasteiger partial charge in [-0.2, -0.15) is 0 Å². The predicted octanol–water partition coefficient (Wildman–Crippen LogP) is 3.38. The number of piperazine rings is 1. The van der Waals surface area contributed by atoms with Gasteiger partial charge in [-0.1, -0.05) is 37.6 Å². The van der Waals surface area contributed by atoms with Gasteiger partial charge < -0.3 is 19.3 Å². The van der Waals surface area contributed by atoms with E-state index < -0.39 is 0 Å². The van der Waals surface area contributed by atoms with E-state index in [0.29, 0.717) is 31.9 Å². The van der Waals surface area contributed by atoms with E-state index in [2.05, 4.69) is 6.92 Å². The molecule has 6 nitrogen and oxygen atoms in total. The Hall–Kier alpha value is -3.02. The molecule has 6 heteroatoms. The molecule has 0 bridgehead atoms. The fourth-order valence-corrected chi connectivity index (χ4v) is 3.59. The molecule has 0 atom stereocenters. The number of aryl methyl sites for hydroxylation is 2. The van der Waals surface area contributed by atoms with Crippen molar-refractivity contribution in [3.05, 3.63) is 59.2 Å². The molecule has 1 heterocycles. The van der Waals surface area contributed by atoms with Gasteiger partial charge in [0.25, 0.3) is 11.8 Å². The zero-order valence-corrected chi connectivity index (χ0v) is 18.7. The molecule has 1 aliphatic rings. The lowest BCUT2D eigenvalue weighted by atomic mass is 10.1. The second-order valence-electron chi connectivity index (χ2n) is 7.93. The van der Waals surface area contributed by atoms with Crippen molar-refractivity contribution >= 4 is 11.8 Å². The van der Waals surface area contributed by atoms with Crippen molar-refractivity contribution in [3.8, 4) is 11.5 Å². The van der Waals surface area contributed by atoms with Gasteiger partial charge >= 0.3 is 0 Å². The summed E-state index contributed by atoms with van der Waals surface area (Å²) in [4.78, 5) is 28.5. The Kier molecular flexibility index (Phi) is 7.93. The normalized spacial score (nSPS) is 13.8. The van der Waals surface area contributed by atoms with Gasteiger partial charge in [0.1, 0.15) is 11.5 Å². The quantitative estimate of drug-likeness (QED) is 0.652. The molecule has 1 aliphatic heterocycles. The monoisotopic (exact) mass is 424 g/mol. The molecule has 2 aromatic rings. The van der Waals surface area contributed by atoms with Crippen LogP contribution in [0.1, 0.15) is 30.0 Å². The molecule has 1 fully saturated rings. The Bertz CT molecular complexity index is 887. The molecule has 0 radical (unpaired) electrons. The minimum atomic E-state index is -0.0589. The Balaban J connectivity index is 1.40. The summed E-state index contributed by atoms with van der Waals surface area (Å²) in [5.74, 6) is 1.32. The number of hydrogen-bond acceptors (Lipinski definition) is 4. The highest BCUT2D eigenvalue weighted by atomic mass is 16.5. The first-order valence-electron chi connectivity index (χ1n) is 10.9. The molecule has 166 valence electrons. The van der Waals surface area contributed by atoms with E-state index in [4.69, 9.17) is 9.47 Å². The van der Waals surface area contributed by atoms with Crippen LogP contribution in [0.4, 0.5) is 0 Å². The number of hydrogen-bond donors (Lipinski definition) is 0. The SMILES string of the molecule is CCCc1ccc(OCC(=O)N2CCN(C(=O)COc3cccc(C)c3C)CC2)cc1. The molecule has 31 heavy (non-hydrogen) atoms. The summed E-state index contributed by atoms with van der Waals surface area (Å²) in [5, 5.41) is 0. The molecule has 0 unspecified atom stereocenters. The van der Waals surface area contributed by atoms with Crippen LogP contribution in [0.2, 0.25) is 0 Å². The summed E-state index contributed by atoms with van der Waals surface area (Å²) in [6.07, 6.45) is 2.14. The summed E-state index contributed by atoms with van der Waals surface area (Å²) in [7, 11) is 0. The largest absolute Gasteiger partial charge is 0.484 e. The first-order chi connectivity index (χ1) is 15.0. The van der Waals surface area contributed by atoms with Crippen molar-refractivity contribution in [3.63, 3.8) is 0 Å². The van der Waals surface area contributed by atoms with Gasteiger partial charge in [-0.15, -0.1) is 0 Å². The van der Waals surface area contributed by atoms with Gasteiger partial charge in [0.2, 0.25) is 0 Å². The van der Waals surface area contributed by atoms with Gasteiger partial charge in [-0.25, -0.2) is 0 Å². The third-order valence-corrected chi connectivity index (χ3v) is 5.72. The zero-order chi connectivity index (χ0) is 22.2. The van der Waals surface area contributed by atoms with Crippen LogP contribution in [0.25, 0.3) is 0 Å². The molecule has 1 saturated heterocycles. The maximum Gasteiger partial charge on any atom is 0.260 e. The molecule has 0 spiro atoms. The van der Waals surface area contributed by atoms with E-state index in [-0.39, 0.29) is 25.0 Å². The van der Waals surface area contributed by atoms with Crippen LogP contribution in [0.15, 0.2) is 42.5 Å². The van der Waals surface area contributed by atoms with Crippen molar-refractivity contribution in [2.24, 2.45) is 0 Å². The topological polar surface area (TPSA) is 59.1 Å². The van der Waals surface area contributed by atoms with Crippen molar-refractivity contribution in [2.45, 2.75) is 33.6 Å². The average molecular weight is 425 g/mol. The van der Waals surface area contributed by atoms with E-state index in [1.54, 1.807) is 9.80 Å². The average Bonchev–Trinajstić information content (AvgIpc) is 2.79. The predicted molar refractivity (Wildman–Crippen MR) is 121 cm³/mol. The number of carbonyl (C=O) groups excluding carboxylic acids is 2. The molecule has 2 aromatic carbocycles. The molecule has 0 aromatic heterocycles. The Morgan fingerprint density at radius 1 is 0.839 bits per heavy atom. The highest BCUT2D eigenvalue weighted by Gasteiger charge is 2.24. The highest BCUT2D eigenvalue weighted by molar-refractivity contribution is 5.80. The Labute approximate surface area is 184 Å². The number of benzene rings is 2. The fraction of sp³-hybridized carbons (Fsp3) is 0.440. The second-order valence-corrected chi connectivity index (χ2v) is 7.93. The summed E-state index contributed by atoms with van der Waals surface area (Å²) in [5.41, 5.74) is 3.45. The third kappa shape index (κ3) is 6.23. The van der Waals surface area contributed by atoms with Gasteiger partial charge in [-0.3, -0.25) is 9.59 Å². The number of nitrogens with zero attached hydrogens (tertiary/aromatic N) is 2. The van der Waals surface area contributed by atoms with E-state index in [1.807, 2.05) is 56.3 Å². The lowest BCUT2D eigenvalue weighted by molar-refractivity contribution is -0.141.